The molecule has 0 aromatic heterocycles. The molecule has 94 valence electrons. The third kappa shape index (κ3) is 2.71. The van der Waals surface area contributed by atoms with Gasteiger partial charge < -0.3 is 5.73 Å². The van der Waals surface area contributed by atoms with Gasteiger partial charge in [-0.3, -0.25) is 0 Å². The van der Waals surface area contributed by atoms with Crippen LogP contribution < -0.4 is 5.73 Å². The molecule has 18 heavy (non-hydrogen) atoms. The van der Waals surface area contributed by atoms with Gasteiger partial charge in [0.05, 0.1) is 6.04 Å². The SMILES string of the molecule is NC(c1ccc(Br)cc1F)c1cc(F)ccc1Cl. The van der Waals surface area contributed by atoms with Gasteiger partial charge >= 0.3 is 0 Å². The number of benzene rings is 2. The van der Waals surface area contributed by atoms with Gasteiger partial charge in [0.15, 0.2) is 0 Å². The van der Waals surface area contributed by atoms with Crippen LogP contribution in [-0.2, 0) is 0 Å². The molecule has 1 atom stereocenters. The molecule has 2 rings (SSSR count). The van der Waals surface area contributed by atoms with Gasteiger partial charge in [-0.1, -0.05) is 33.6 Å². The molecule has 0 saturated heterocycles. The highest BCUT2D eigenvalue weighted by molar-refractivity contribution is 9.10. The third-order valence-corrected chi connectivity index (χ3v) is 3.43. The van der Waals surface area contributed by atoms with Crippen molar-refractivity contribution >= 4 is 27.5 Å². The van der Waals surface area contributed by atoms with Crippen molar-refractivity contribution in [3.63, 3.8) is 0 Å². The van der Waals surface area contributed by atoms with Gasteiger partial charge in [-0.25, -0.2) is 8.78 Å². The number of hydrogen-bond donors (Lipinski definition) is 1. The van der Waals surface area contributed by atoms with Gasteiger partial charge in [0.1, 0.15) is 11.6 Å². The highest BCUT2D eigenvalue weighted by atomic mass is 79.9. The second-order valence-corrected chi connectivity index (χ2v) is 5.13. The summed E-state index contributed by atoms with van der Waals surface area (Å²) in [6.07, 6.45) is 0. The lowest BCUT2D eigenvalue weighted by molar-refractivity contribution is 0.595. The first-order valence-corrected chi connectivity index (χ1v) is 6.31. The van der Waals surface area contributed by atoms with Crippen molar-refractivity contribution in [1.29, 1.82) is 0 Å². The maximum atomic E-state index is 13.8. The molecule has 0 spiro atoms. The Balaban J connectivity index is 2.47. The Bertz CT molecular complexity index is 589. The Morgan fingerprint density at radius 3 is 2.44 bits per heavy atom. The number of hydrogen-bond acceptors (Lipinski definition) is 1. The molecule has 0 saturated carbocycles. The molecule has 2 aromatic rings. The van der Waals surface area contributed by atoms with E-state index >= 15 is 0 Å². The highest BCUT2D eigenvalue weighted by Gasteiger charge is 2.17. The maximum Gasteiger partial charge on any atom is 0.129 e. The summed E-state index contributed by atoms with van der Waals surface area (Å²) in [7, 11) is 0. The highest BCUT2D eigenvalue weighted by Crippen LogP contribution is 2.29. The molecule has 0 heterocycles. The summed E-state index contributed by atoms with van der Waals surface area (Å²) in [6, 6.07) is 7.58. The number of halogens is 4. The lowest BCUT2D eigenvalue weighted by Crippen LogP contribution is -2.14. The molecule has 0 aliphatic heterocycles. The van der Waals surface area contributed by atoms with Crippen LogP contribution in [0.25, 0.3) is 0 Å². The Hall–Kier alpha value is -0.970. The zero-order chi connectivity index (χ0) is 13.3. The first-order valence-electron chi connectivity index (χ1n) is 5.14. The van der Waals surface area contributed by atoms with E-state index in [4.69, 9.17) is 17.3 Å². The summed E-state index contributed by atoms with van der Waals surface area (Å²) in [5, 5.41) is 0.311. The Morgan fingerprint density at radius 1 is 1.06 bits per heavy atom. The molecular formula is C13H9BrClF2N. The van der Waals surface area contributed by atoms with Crippen molar-refractivity contribution in [3.8, 4) is 0 Å². The van der Waals surface area contributed by atoms with E-state index in [1.54, 1.807) is 12.1 Å². The molecule has 0 aliphatic carbocycles. The van der Waals surface area contributed by atoms with E-state index in [9.17, 15) is 8.78 Å². The Labute approximate surface area is 117 Å². The van der Waals surface area contributed by atoms with E-state index in [0.717, 1.165) is 0 Å². The summed E-state index contributed by atoms with van der Waals surface area (Å²) in [4.78, 5) is 0. The van der Waals surface area contributed by atoms with Crippen LogP contribution in [0.5, 0.6) is 0 Å². The lowest BCUT2D eigenvalue weighted by atomic mass is 9.99. The topological polar surface area (TPSA) is 26.0 Å². The molecule has 0 amide bonds. The van der Waals surface area contributed by atoms with E-state index in [-0.39, 0.29) is 5.56 Å². The normalized spacial score (nSPS) is 12.5. The number of rotatable bonds is 2. The molecule has 1 nitrogen and oxygen atoms in total. The van der Waals surface area contributed by atoms with Crippen LogP contribution in [0.15, 0.2) is 40.9 Å². The molecule has 0 fully saturated rings. The van der Waals surface area contributed by atoms with Crippen LogP contribution in [-0.4, -0.2) is 0 Å². The van der Waals surface area contributed by atoms with Crippen molar-refractivity contribution in [2.75, 3.05) is 0 Å². The van der Waals surface area contributed by atoms with Crippen LogP contribution in [0.2, 0.25) is 5.02 Å². The number of nitrogens with two attached hydrogens (primary N) is 1. The van der Waals surface area contributed by atoms with E-state index in [1.807, 2.05) is 0 Å². The molecule has 0 bridgehead atoms. The minimum atomic E-state index is -0.804. The van der Waals surface area contributed by atoms with E-state index in [0.29, 0.717) is 15.1 Å². The van der Waals surface area contributed by atoms with Gasteiger partial charge in [0, 0.05) is 15.1 Å². The predicted molar refractivity (Wildman–Crippen MR) is 71.5 cm³/mol. The fourth-order valence-electron chi connectivity index (χ4n) is 1.67. The van der Waals surface area contributed by atoms with Crippen molar-refractivity contribution in [1.82, 2.24) is 0 Å². The average molecular weight is 333 g/mol. The van der Waals surface area contributed by atoms with Crippen LogP contribution >= 0.6 is 27.5 Å². The van der Waals surface area contributed by atoms with Crippen molar-refractivity contribution < 1.29 is 8.78 Å². The molecule has 2 aromatic carbocycles. The minimum absolute atomic E-state index is 0.269. The van der Waals surface area contributed by atoms with Gasteiger partial charge in [0.2, 0.25) is 0 Å². The fourth-order valence-corrected chi connectivity index (χ4v) is 2.24. The summed E-state index contributed by atoms with van der Waals surface area (Å²) in [6.45, 7) is 0. The predicted octanol–water partition coefficient (Wildman–Crippen LogP) is 4.43. The molecule has 0 aliphatic rings. The summed E-state index contributed by atoms with van der Waals surface area (Å²) < 4.78 is 27.6. The van der Waals surface area contributed by atoms with Gasteiger partial charge in [-0.2, -0.15) is 0 Å². The Kier molecular flexibility index (Phi) is 4.00. The second-order valence-electron chi connectivity index (χ2n) is 3.81. The van der Waals surface area contributed by atoms with E-state index in [2.05, 4.69) is 15.9 Å². The fraction of sp³-hybridized carbons (Fsp3) is 0.0769. The first kappa shape index (κ1) is 13.5. The van der Waals surface area contributed by atoms with Crippen molar-refractivity contribution in [2.45, 2.75) is 6.04 Å². The van der Waals surface area contributed by atoms with Crippen LogP contribution in [0, 0.1) is 11.6 Å². The molecule has 2 N–H and O–H groups in total. The van der Waals surface area contributed by atoms with Crippen molar-refractivity contribution in [2.24, 2.45) is 5.73 Å². The largest absolute Gasteiger partial charge is 0.320 e. The first-order chi connectivity index (χ1) is 8.49. The quantitative estimate of drug-likeness (QED) is 0.865. The molecule has 0 radical (unpaired) electrons. The third-order valence-electron chi connectivity index (χ3n) is 2.59. The standard InChI is InChI=1S/C13H9BrClF2N/c14-7-1-3-9(12(17)5-7)13(18)10-6-8(16)2-4-11(10)15/h1-6,13H,18H2. The van der Waals surface area contributed by atoms with Gasteiger partial charge in [-0.15, -0.1) is 0 Å². The van der Waals surface area contributed by atoms with Crippen molar-refractivity contribution in [3.05, 3.63) is 68.7 Å². The average Bonchev–Trinajstić information content (AvgIpc) is 2.31. The smallest absolute Gasteiger partial charge is 0.129 e. The van der Waals surface area contributed by atoms with Crippen LogP contribution in [0.1, 0.15) is 17.2 Å². The summed E-state index contributed by atoms with van der Waals surface area (Å²) in [5.74, 6) is -0.917. The maximum absolute atomic E-state index is 13.8. The van der Waals surface area contributed by atoms with Crippen LogP contribution in [0.3, 0.4) is 0 Å². The molecular weight excluding hydrogens is 324 g/mol. The second kappa shape index (κ2) is 5.34. The van der Waals surface area contributed by atoms with E-state index in [1.165, 1.54) is 24.3 Å². The zero-order valence-electron chi connectivity index (χ0n) is 9.13. The van der Waals surface area contributed by atoms with Gasteiger partial charge in [0.25, 0.3) is 0 Å². The summed E-state index contributed by atoms with van der Waals surface area (Å²) in [5.41, 5.74) is 6.56. The zero-order valence-corrected chi connectivity index (χ0v) is 11.5. The lowest BCUT2D eigenvalue weighted by Gasteiger charge is -2.15. The van der Waals surface area contributed by atoms with Crippen LogP contribution in [0.4, 0.5) is 8.78 Å². The van der Waals surface area contributed by atoms with Gasteiger partial charge in [-0.05, 0) is 35.9 Å². The van der Waals surface area contributed by atoms with E-state index < -0.39 is 17.7 Å². The molecule has 1 unspecified atom stereocenters. The minimum Gasteiger partial charge on any atom is -0.320 e. The summed E-state index contributed by atoms with van der Waals surface area (Å²) >= 11 is 9.11. The monoisotopic (exact) mass is 331 g/mol. The molecule has 5 heteroatoms. The Morgan fingerprint density at radius 2 is 1.78 bits per heavy atom.